The van der Waals surface area contributed by atoms with Crippen LogP contribution in [-0.2, 0) is 19.0 Å². The maximum Gasteiger partial charge on any atom is 0.307 e. The lowest BCUT2D eigenvalue weighted by molar-refractivity contribution is -0.154. The highest BCUT2D eigenvalue weighted by molar-refractivity contribution is 5.72. The van der Waals surface area contributed by atoms with Crippen LogP contribution in [-0.4, -0.2) is 26.5 Å². The lowest BCUT2D eigenvalue weighted by Gasteiger charge is -2.22. The van der Waals surface area contributed by atoms with Crippen LogP contribution in [0.15, 0.2) is 22.8 Å². The number of furan rings is 1. The number of ether oxygens (including phenoxy) is 3. The standard InChI is InChI=1S/C11H14O5/c1-13-11(14-2)7-6-9(12)16-10(7)8-4-3-5-15-8/h3-5,7,10-11H,6H2,1-2H3/t7-,10-/m0/s1. The van der Waals surface area contributed by atoms with E-state index in [0.29, 0.717) is 5.76 Å². The van der Waals surface area contributed by atoms with E-state index in [1.165, 1.54) is 14.2 Å². The fourth-order valence-corrected chi connectivity index (χ4v) is 1.98. The van der Waals surface area contributed by atoms with Crippen LogP contribution in [0.25, 0.3) is 0 Å². The molecule has 0 radical (unpaired) electrons. The van der Waals surface area contributed by atoms with Crippen LogP contribution in [0, 0.1) is 5.92 Å². The third kappa shape index (κ3) is 1.96. The van der Waals surface area contributed by atoms with Gasteiger partial charge in [0.25, 0.3) is 0 Å². The molecule has 16 heavy (non-hydrogen) atoms. The molecule has 0 spiro atoms. The van der Waals surface area contributed by atoms with Crippen molar-refractivity contribution in [2.45, 2.75) is 18.8 Å². The molecule has 1 aliphatic rings. The number of hydrogen-bond acceptors (Lipinski definition) is 5. The second kappa shape index (κ2) is 4.67. The molecule has 0 unspecified atom stereocenters. The van der Waals surface area contributed by atoms with E-state index in [1.54, 1.807) is 18.4 Å². The van der Waals surface area contributed by atoms with E-state index in [9.17, 15) is 4.79 Å². The maximum atomic E-state index is 11.3. The molecule has 1 saturated heterocycles. The molecule has 2 atom stereocenters. The zero-order valence-electron chi connectivity index (χ0n) is 9.21. The van der Waals surface area contributed by atoms with Crippen LogP contribution >= 0.6 is 0 Å². The van der Waals surface area contributed by atoms with Crippen LogP contribution < -0.4 is 0 Å². The Kier molecular flexibility index (Phi) is 3.26. The first-order chi connectivity index (χ1) is 7.76. The summed E-state index contributed by atoms with van der Waals surface area (Å²) in [6.07, 6.45) is 0.930. The average molecular weight is 226 g/mol. The van der Waals surface area contributed by atoms with Gasteiger partial charge in [0.1, 0.15) is 5.76 Å². The summed E-state index contributed by atoms with van der Waals surface area (Å²) in [4.78, 5) is 11.3. The molecule has 0 amide bonds. The average Bonchev–Trinajstić information content (AvgIpc) is 2.89. The van der Waals surface area contributed by atoms with Crippen molar-refractivity contribution in [2.75, 3.05) is 14.2 Å². The van der Waals surface area contributed by atoms with Crippen molar-refractivity contribution >= 4 is 5.97 Å². The number of cyclic esters (lactones) is 1. The van der Waals surface area contributed by atoms with E-state index in [4.69, 9.17) is 18.6 Å². The van der Waals surface area contributed by atoms with Gasteiger partial charge in [-0.05, 0) is 12.1 Å². The Morgan fingerprint density at radius 3 is 2.75 bits per heavy atom. The smallest absolute Gasteiger partial charge is 0.307 e. The monoisotopic (exact) mass is 226 g/mol. The van der Waals surface area contributed by atoms with E-state index in [1.807, 2.05) is 0 Å². The lowest BCUT2D eigenvalue weighted by Crippen LogP contribution is -2.27. The molecule has 5 nitrogen and oxygen atoms in total. The first-order valence-corrected chi connectivity index (χ1v) is 5.04. The molecule has 0 aromatic carbocycles. The maximum absolute atomic E-state index is 11.3. The Hall–Kier alpha value is -1.33. The molecule has 1 aliphatic heterocycles. The van der Waals surface area contributed by atoms with Gasteiger partial charge in [-0.25, -0.2) is 0 Å². The van der Waals surface area contributed by atoms with Crippen LogP contribution in [0.3, 0.4) is 0 Å². The highest BCUT2D eigenvalue weighted by Gasteiger charge is 2.43. The van der Waals surface area contributed by atoms with Gasteiger partial charge in [-0.3, -0.25) is 4.79 Å². The molecule has 2 rings (SSSR count). The number of methoxy groups -OCH3 is 2. The lowest BCUT2D eigenvalue weighted by atomic mass is 9.99. The van der Waals surface area contributed by atoms with Gasteiger partial charge in [0.2, 0.25) is 0 Å². The number of carbonyl (C=O) groups is 1. The Morgan fingerprint density at radius 2 is 2.19 bits per heavy atom. The molecule has 1 fully saturated rings. The predicted molar refractivity (Wildman–Crippen MR) is 53.5 cm³/mol. The van der Waals surface area contributed by atoms with Gasteiger partial charge < -0.3 is 18.6 Å². The van der Waals surface area contributed by atoms with Crippen molar-refractivity contribution in [1.82, 2.24) is 0 Å². The van der Waals surface area contributed by atoms with Gasteiger partial charge in [-0.15, -0.1) is 0 Å². The topological polar surface area (TPSA) is 57.9 Å². The summed E-state index contributed by atoms with van der Waals surface area (Å²) >= 11 is 0. The van der Waals surface area contributed by atoms with Crippen LogP contribution in [0.2, 0.25) is 0 Å². The van der Waals surface area contributed by atoms with E-state index in [2.05, 4.69) is 0 Å². The molecule has 0 bridgehead atoms. The molecular weight excluding hydrogens is 212 g/mol. The summed E-state index contributed by atoms with van der Waals surface area (Å²) in [5.41, 5.74) is 0. The number of esters is 1. The summed E-state index contributed by atoms with van der Waals surface area (Å²) in [6, 6.07) is 3.53. The zero-order valence-corrected chi connectivity index (χ0v) is 9.21. The van der Waals surface area contributed by atoms with Crippen molar-refractivity contribution < 1.29 is 23.4 Å². The Balaban J connectivity index is 2.19. The Morgan fingerprint density at radius 1 is 1.44 bits per heavy atom. The van der Waals surface area contributed by atoms with Crippen molar-refractivity contribution in [3.05, 3.63) is 24.2 Å². The molecule has 1 aromatic rings. The van der Waals surface area contributed by atoms with Gasteiger partial charge in [-0.1, -0.05) is 0 Å². The summed E-state index contributed by atoms with van der Waals surface area (Å²) in [7, 11) is 3.08. The second-order valence-electron chi connectivity index (χ2n) is 3.63. The van der Waals surface area contributed by atoms with Gasteiger partial charge in [0.15, 0.2) is 12.4 Å². The van der Waals surface area contributed by atoms with Crippen molar-refractivity contribution in [3.63, 3.8) is 0 Å². The first-order valence-electron chi connectivity index (χ1n) is 5.04. The van der Waals surface area contributed by atoms with Gasteiger partial charge in [-0.2, -0.15) is 0 Å². The minimum absolute atomic E-state index is 0.173. The fraction of sp³-hybridized carbons (Fsp3) is 0.545. The van der Waals surface area contributed by atoms with Gasteiger partial charge in [0, 0.05) is 14.2 Å². The Labute approximate surface area is 93.3 Å². The van der Waals surface area contributed by atoms with Crippen LogP contribution in [0.1, 0.15) is 18.3 Å². The van der Waals surface area contributed by atoms with Crippen molar-refractivity contribution in [2.24, 2.45) is 5.92 Å². The molecule has 5 heteroatoms. The largest absolute Gasteiger partial charge is 0.465 e. The number of hydrogen-bond donors (Lipinski definition) is 0. The SMILES string of the molecule is COC(OC)[C@H]1CC(=O)O[C@@H]1c1ccco1. The van der Waals surface area contributed by atoms with E-state index in [0.717, 1.165) is 0 Å². The molecular formula is C11H14O5. The summed E-state index contributed by atoms with van der Waals surface area (Å²) in [5.74, 6) is 0.189. The van der Waals surface area contributed by atoms with E-state index in [-0.39, 0.29) is 18.3 Å². The molecule has 0 saturated carbocycles. The Bertz CT molecular complexity index is 341. The normalized spacial score (nSPS) is 25.1. The molecule has 0 N–H and O–H groups in total. The number of rotatable bonds is 4. The first kappa shape index (κ1) is 11.2. The highest BCUT2D eigenvalue weighted by Crippen LogP contribution is 2.38. The summed E-state index contributed by atoms with van der Waals surface area (Å²) in [6.45, 7) is 0. The minimum atomic E-state index is -0.471. The van der Waals surface area contributed by atoms with E-state index < -0.39 is 12.4 Å². The third-order valence-electron chi connectivity index (χ3n) is 2.69. The second-order valence-corrected chi connectivity index (χ2v) is 3.63. The zero-order chi connectivity index (χ0) is 11.5. The molecule has 1 aromatic heterocycles. The number of carbonyl (C=O) groups excluding carboxylic acids is 1. The quantitative estimate of drug-likeness (QED) is 0.575. The van der Waals surface area contributed by atoms with Gasteiger partial charge >= 0.3 is 5.97 Å². The third-order valence-corrected chi connectivity index (χ3v) is 2.69. The van der Waals surface area contributed by atoms with Crippen LogP contribution in [0.5, 0.6) is 0 Å². The van der Waals surface area contributed by atoms with Crippen LogP contribution in [0.4, 0.5) is 0 Å². The molecule has 0 aliphatic carbocycles. The molecule has 2 heterocycles. The predicted octanol–water partition coefficient (Wildman–Crippen LogP) is 1.50. The van der Waals surface area contributed by atoms with Crippen molar-refractivity contribution in [1.29, 1.82) is 0 Å². The summed E-state index contributed by atoms with van der Waals surface area (Å²) < 4.78 is 20.8. The van der Waals surface area contributed by atoms with E-state index >= 15 is 0 Å². The summed E-state index contributed by atoms with van der Waals surface area (Å²) in [5, 5.41) is 0. The minimum Gasteiger partial charge on any atom is -0.465 e. The highest BCUT2D eigenvalue weighted by atomic mass is 16.7. The van der Waals surface area contributed by atoms with Crippen molar-refractivity contribution in [3.8, 4) is 0 Å². The molecule has 88 valence electrons. The van der Waals surface area contributed by atoms with Gasteiger partial charge in [0.05, 0.1) is 18.6 Å². The fourth-order valence-electron chi connectivity index (χ4n) is 1.98.